The van der Waals surface area contributed by atoms with Crippen LogP contribution >= 0.6 is 0 Å². The van der Waals surface area contributed by atoms with E-state index in [9.17, 15) is 14.7 Å². The van der Waals surface area contributed by atoms with Crippen LogP contribution in [-0.2, 0) is 16.1 Å². The van der Waals surface area contributed by atoms with E-state index in [1.165, 1.54) is 12.0 Å². The van der Waals surface area contributed by atoms with Gasteiger partial charge in [-0.3, -0.25) is 19.6 Å². The molecule has 0 saturated carbocycles. The van der Waals surface area contributed by atoms with Gasteiger partial charge in [0.2, 0.25) is 0 Å². The van der Waals surface area contributed by atoms with Crippen LogP contribution in [0.3, 0.4) is 0 Å². The Morgan fingerprint density at radius 1 is 1.13 bits per heavy atom. The van der Waals surface area contributed by atoms with Crippen LogP contribution < -0.4 is 4.74 Å². The number of carbonyl (C=O) groups is 2. The molecule has 7 heteroatoms. The van der Waals surface area contributed by atoms with Crippen LogP contribution in [0.1, 0.15) is 28.4 Å². The number of hydrogen-bond acceptors (Lipinski definition) is 6. The lowest BCUT2D eigenvalue weighted by atomic mass is 9.97. The number of hydrogen-bond donors (Lipinski definition) is 1. The number of benzene rings is 1. The number of aliphatic hydroxyl groups excluding tert-OH is 1. The Labute approximate surface area is 179 Å². The van der Waals surface area contributed by atoms with Crippen molar-refractivity contribution in [2.24, 2.45) is 0 Å². The summed E-state index contributed by atoms with van der Waals surface area (Å²) in [7, 11) is 1.48. The van der Waals surface area contributed by atoms with Crippen LogP contribution in [-0.4, -0.2) is 38.8 Å². The lowest BCUT2D eigenvalue weighted by Crippen LogP contribution is -2.29. The molecule has 1 unspecified atom stereocenters. The number of aryl methyl sites for hydroxylation is 1. The summed E-state index contributed by atoms with van der Waals surface area (Å²) in [4.78, 5) is 36.0. The number of nitrogens with zero attached hydrogens (tertiary/aromatic N) is 3. The highest BCUT2D eigenvalue weighted by Crippen LogP contribution is 2.41. The number of aliphatic hydroxyl groups is 1. The molecule has 2 aromatic heterocycles. The number of ether oxygens (including phenoxy) is 1. The molecule has 1 amide bonds. The number of rotatable bonds is 5. The van der Waals surface area contributed by atoms with Crippen molar-refractivity contribution in [2.75, 3.05) is 7.11 Å². The molecule has 0 spiro atoms. The molecule has 31 heavy (non-hydrogen) atoms. The first-order chi connectivity index (χ1) is 15.0. The van der Waals surface area contributed by atoms with Gasteiger partial charge in [0.15, 0.2) is 0 Å². The third-order valence-electron chi connectivity index (χ3n) is 5.19. The molecule has 3 aromatic rings. The number of methoxy groups -OCH3 is 1. The Kier molecular flexibility index (Phi) is 5.49. The van der Waals surface area contributed by atoms with Gasteiger partial charge in [-0.15, -0.1) is 0 Å². The van der Waals surface area contributed by atoms with Gasteiger partial charge in [-0.05, 0) is 42.8 Å². The smallest absolute Gasteiger partial charge is 0.296 e. The second kappa shape index (κ2) is 8.39. The van der Waals surface area contributed by atoms with Crippen LogP contribution in [0.15, 0.2) is 72.7 Å². The van der Waals surface area contributed by atoms with Crippen molar-refractivity contribution >= 4 is 17.4 Å². The molecule has 0 radical (unpaired) electrons. The summed E-state index contributed by atoms with van der Waals surface area (Å²) < 4.78 is 5.38. The number of ketones is 1. The van der Waals surface area contributed by atoms with Gasteiger partial charge in [-0.2, -0.15) is 0 Å². The SMILES string of the molecule is COc1ccc(C)cc1/C(O)=C1\C(=O)C(=O)N(Cc2cccnc2)C1c1ccccn1. The van der Waals surface area contributed by atoms with Crippen molar-refractivity contribution in [2.45, 2.75) is 19.5 Å². The Balaban J connectivity index is 1.90. The van der Waals surface area contributed by atoms with Crippen LogP contribution in [0.5, 0.6) is 5.75 Å². The Bertz CT molecular complexity index is 1160. The van der Waals surface area contributed by atoms with Gasteiger partial charge in [0.1, 0.15) is 17.6 Å². The van der Waals surface area contributed by atoms with E-state index in [2.05, 4.69) is 9.97 Å². The van der Waals surface area contributed by atoms with Crippen LogP contribution in [0.2, 0.25) is 0 Å². The average molecular weight is 415 g/mol. The number of pyridine rings is 2. The maximum absolute atomic E-state index is 13.1. The fraction of sp³-hybridized carbons (Fsp3) is 0.167. The fourth-order valence-corrected chi connectivity index (χ4v) is 3.73. The summed E-state index contributed by atoms with van der Waals surface area (Å²) in [6, 6.07) is 13.3. The van der Waals surface area contributed by atoms with Gasteiger partial charge in [-0.25, -0.2) is 0 Å². The van der Waals surface area contributed by atoms with E-state index in [1.807, 2.05) is 19.1 Å². The largest absolute Gasteiger partial charge is 0.507 e. The van der Waals surface area contributed by atoms with E-state index < -0.39 is 17.7 Å². The molecule has 0 aliphatic carbocycles. The van der Waals surface area contributed by atoms with Crippen LogP contribution in [0.25, 0.3) is 5.76 Å². The third kappa shape index (κ3) is 3.77. The standard InChI is InChI=1S/C24H21N3O4/c1-15-8-9-19(31-2)17(12-15)22(28)20-21(18-7-3-4-11-26-18)27(24(30)23(20)29)14-16-6-5-10-25-13-16/h3-13,21,28H,14H2,1-2H3/b22-20+. The van der Waals surface area contributed by atoms with Crippen molar-refractivity contribution in [1.82, 2.24) is 14.9 Å². The maximum Gasteiger partial charge on any atom is 0.296 e. The minimum Gasteiger partial charge on any atom is -0.507 e. The quantitative estimate of drug-likeness (QED) is 0.390. The molecular weight excluding hydrogens is 394 g/mol. The van der Waals surface area contributed by atoms with Gasteiger partial charge in [0.25, 0.3) is 11.7 Å². The van der Waals surface area contributed by atoms with Crippen molar-refractivity contribution in [3.8, 4) is 5.75 Å². The zero-order chi connectivity index (χ0) is 22.0. The normalized spacial score (nSPS) is 17.7. The van der Waals surface area contributed by atoms with Crippen molar-refractivity contribution in [3.05, 3.63) is 95.1 Å². The summed E-state index contributed by atoms with van der Waals surface area (Å²) in [5, 5.41) is 11.2. The highest BCUT2D eigenvalue weighted by Gasteiger charge is 2.47. The van der Waals surface area contributed by atoms with Gasteiger partial charge in [-0.1, -0.05) is 23.8 Å². The minimum atomic E-state index is -0.841. The van der Waals surface area contributed by atoms with Crippen molar-refractivity contribution in [3.63, 3.8) is 0 Å². The zero-order valence-electron chi connectivity index (χ0n) is 17.1. The van der Waals surface area contributed by atoms with Crippen LogP contribution in [0.4, 0.5) is 0 Å². The Hall–Kier alpha value is -4.00. The first kappa shape index (κ1) is 20.3. The molecule has 3 heterocycles. The number of Topliss-reactive ketones (excluding diaryl/α,β-unsaturated/α-hetero) is 1. The average Bonchev–Trinajstić information content (AvgIpc) is 3.04. The van der Waals surface area contributed by atoms with E-state index in [0.717, 1.165) is 11.1 Å². The number of carbonyl (C=O) groups excluding carboxylic acids is 2. The molecule has 1 aliphatic heterocycles. The van der Waals surface area contributed by atoms with E-state index >= 15 is 0 Å². The van der Waals surface area contributed by atoms with Gasteiger partial charge in [0, 0.05) is 25.1 Å². The molecule has 1 fully saturated rings. The van der Waals surface area contributed by atoms with Crippen molar-refractivity contribution in [1.29, 1.82) is 0 Å². The zero-order valence-corrected chi connectivity index (χ0v) is 17.1. The van der Waals surface area contributed by atoms with Crippen LogP contribution in [0, 0.1) is 6.92 Å². The molecular formula is C24H21N3O4. The topological polar surface area (TPSA) is 92.6 Å². The van der Waals surface area contributed by atoms with Gasteiger partial charge >= 0.3 is 0 Å². The first-order valence-corrected chi connectivity index (χ1v) is 9.74. The first-order valence-electron chi connectivity index (χ1n) is 9.74. The summed E-state index contributed by atoms with van der Waals surface area (Å²) in [5.74, 6) is -1.35. The molecule has 1 aliphatic rings. The molecule has 156 valence electrons. The summed E-state index contributed by atoms with van der Waals surface area (Å²) in [5.41, 5.74) is 2.46. The monoisotopic (exact) mass is 415 g/mol. The molecule has 4 rings (SSSR count). The van der Waals surface area contributed by atoms with E-state index in [0.29, 0.717) is 17.0 Å². The maximum atomic E-state index is 13.1. The molecule has 0 bridgehead atoms. The lowest BCUT2D eigenvalue weighted by molar-refractivity contribution is -0.140. The van der Waals surface area contributed by atoms with E-state index in [1.54, 1.807) is 55.0 Å². The second-order valence-corrected chi connectivity index (χ2v) is 7.25. The highest BCUT2D eigenvalue weighted by molar-refractivity contribution is 6.46. The molecule has 1 saturated heterocycles. The highest BCUT2D eigenvalue weighted by atomic mass is 16.5. The molecule has 1 atom stereocenters. The third-order valence-corrected chi connectivity index (χ3v) is 5.19. The fourth-order valence-electron chi connectivity index (χ4n) is 3.73. The second-order valence-electron chi connectivity index (χ2n) is 7.25. The van der Waals surface area contributed by atoms with Gasteiger partial charge < -0.3 is 14.7 Å². The van der Waals surface area contributed by atoms with E-state index in [4.69, 9.17) is 4.74 Å². The molecule has 1 aromatic carbocycles. The van der Waals surface area contributed by atoms with Crippen molar-refractivity contribution < 1.29 is 19.4 Å². The summed E-state index contributed by atoms with van der Waals surface area (Å²) >= 11 is 0. The minimum absolute atomic E-state index is 0.0171. The summed E-state index contributed by atoms with van der Waals surface area (Å²) in [6.45, 7) is 2.02. The number of aromatic nitrogens is 2. The predicted molar refractivity (Wildman–Crippen MR) is 114 cm³/mol. The summed E-state index contributed by atoms with van der Waals surface area (Å²) in [6.07, 6.45) is 4.86. The van der Waals surface area contributed by atoms with E-state index in [-0.39, 0.29) is 17.9 Å². The predicted octanol–water partition coefficient (Wildman–Crippen LogP) is 3.42. The number of likely N-dealkylation sites (tertiary alicyclic amines) is 1. The molecule has 1 N–H and O–H groups in total. The Morgan fingerprint density at radius 3 is 2.65 bits per heavy atom. The lowest BCUT2D eigenvalue weighted by Gasteiger charge is -2.24. The van der Waals surface area contributed by atoms with Gasteiger partial charge in [0.05, 0.1) is 23.9 Å². The number of amides is 1. The Morgan fingerprint density at radius 2 is 1.97 bits per heavy atom. The molecule has 7 nitrogen and oxygen atoms in total.